The number of thiophene rings is 1. The highest BCUT2D eigenvalue weighted by Gasteiger charge is 2.35. The predicted molar refractivity (Wildman–Crippen MR) is 121 cm³/mol. The number of hydrogen-bond donors (Lipinski definition) is 0. The third-order valence-electron chi connectivity index (χ3n) is 4.75. The number of nitrogens with zero attached hydrogens (tertiary/aromatic N) is 2. The van der Waals surface area contributed by atoms with Crippen LogP contribution in [-0.2, 0) is 4.79 Å². The zero-order chi connectivity index (χ0) is 20.7. The minimum Gasteiger partial charge on any atom is -0.497 e. The zero-order valence-corrected chi connectivity index (χ0v) is 17.4. The standard InChI is InChI=1S/C23H15ClN2O3S/c1-28-15-10-8-14(9-11-15)26-22(21-20(24)17-6-2-3-7-19(17)30-21)25-18(23(26)27)13-16-5-4-12-29-16/h2-13H,1H3/b18-13+. The molecule has 7 heteroatoms. The fraction of sp³-hybridized carbons (Fsp3) is 0.0435. The number of hydrogen-bond acceptors (Lipinski definition) is 5. The summed E-state index contributed by atoms with van der Waals surface area (Å²) in [5.74, 6) is 1.50. The number of aliphatic imine (C=N–C) groups is 1. The minimum atomic E-state index is -0.250. The van der Waals surface area contributed by atoms with E-state index < -0.39 is 0 Å². The Morgan fingerprint density at radius 1 is 1.10 bits per heavy atom. The van der Waals surface area contributed by atoms with E-state index in [4.69, 9.17) is 20.8 Å². The third-order valence-corrected chi connectivity index (χ3v) is 6.42. The molecule has 0 fully saturated rings. The van der Waals surface area contributed by atoms with Gasteiger partial charge in [0.15, 0.2) is 5.84 Å². The van der Waals surface area contributed by atoms with Crippen LogP contribution >= 0.6 is 22.9 Å². The molecule has 1 aliphatic rings. The lowest BCUT2D eigenvalue weighted by atomic mass is 10.2. The molecule has 2 aromatic heterocycles. The second-order valence-corrected chi connectivity index (χ2v) is 7.99. The van der Waals surface area contributed by atoms with Gasteiger partial charge in [0.05, 0.1) is 29.0 Å². The molecule has 0 unspecified atom stereocenters. The quantitative estimate of drug-likeness (QED) is 0.370. The molecule has 4 aromatic rings. The van der Waals surface area contributed by atoms with Crippen molar-refractivity contribution in [3.05, 3.63) is 88.3 Å². The van der Waals surface area contributed by atoms with Crippen molar-refractivity contribution < 1.29 is 13.9 Å². The molecule has 0 radical (unpaired) electrons. The molecule has 0 atom stereocenters. The number of fused-ring (bicyclic) bond motifs is 1. The Balaban J connectivity index is 1.68. The number of halogens is 1. The van der Waals surface area contributed by atoms with Gasteiger partial charge in [0.25, 0.3) is 5.91 Å². The number of benzene rings is 2. The molecule has 1 amide bonds. The number of amidine groups is 1. The summed E-state index contributed by atoms with van der Waals surface area (Å²) in [4.78, 5) is 20.3. The number of methoxy groups -OCH3 is 1. The summed E-state index contributed by atoms with van der Waals surface area (Å²) in [5, 5.41) is 1.52. The molecule has 5 nitrogen and oxygen atoms in total. The van der Waals surface area contributed by atoms with Gasteiger partial charge in [-0.1, -0.05) is 29.8 Å². The Hall–Kier alpha value is -3.35. The summed E-state index contributed by atoms with van der Waals surface area (Å²) in [5.41, 5.74) is 0.959. The number of furan rings is 1. The lowest BCUT2D eigenvalue weighted by Gasteiger charge is -2.18. The average molecular weight is 435 g/mol. The van der Waals surface area contributed by atoms with Crippen LogP contribution in [0.2, 0.25) is 5.02 Å². The number of amides is 1. The Bertz CT molecular complexity index is 1300. The third kappa shape index (κ3) is 3.10. The van der Waals surface area contributed by atoms with Crippen molar-refractivity contribution in [1.29, 1.82) is 0 Å². The van der Waals surface area contributed by atoms with Crippen LogP contribution in [0.15, 0.2) is 82.0 Å². The fourth-order valence-electron chi connectivity index (χ4n) is 3.31. The first-order chi connectivity index (χ1) is 14.7. The van der Waals surface area contributed by atoms with Gasteiger partial charge in [0.2, 0.25) is 0 Å². The average Bonchev–Trinajstić information content (AvgIpc) is 3.48. The first-order valence-electron chi connectivity index (χ1n) is 9.15. The molecule has 148 valence electrons. The van der Waals surface area contributed by atoms with Gasteiger partial charge in [0.1, 0.15) is 17.2 Å². The van der Waals surface area contributed by atoms with Gasteiger partial charge in [-0.25, -0.2) is 4.99 Å². The molecule has 0 saturated carbocycles. The lowest BCUT2D eigenvalue weighted by molar-refractivity contribution is -0.113. The molecule has 0 spiro atoms. The highest BCUT2D eigenvalue weighted by molar-refractivity contribution is 7.21. The smallest absolute Gasteiger partial charge is 0.282 e. The summed E-state index contributed by atoms with van der Waals surface area (Å²) >= 11 is 8.22. The van der Waals surface area contributed by atoms with Gasteiger partial charge in [-0.2, -0.15) is 0 Å². The monoisotopic (exact) mass is 434 g/mol. The van der Waals surface area contributed by atoms with Gasteiger partial charge in [-0.3, -0.25) is 9.69 Å². The number of carbonyl (C=O) groups is 1. The largest absolute Gasteiger partial charge is 0.497 e. The molecule has 5 rings (SSSR count). The molecule has 2 aromatic carbocycles. The molecule has 0 N–H and O–H groups in total. The van der Waals surface area contributed by atoms with Crippen LogP contribution in [0.3, 0.4) is 0 Å². The van der Waals surface area contributed by atoms with Crippen molar-refractivity contribution in [2.45, 2.75) is 0 Å². The summed E-state index contributed by atoms with van der Waals surface area (Å²) < 4.78 is 11.6. The topological polar surface area (TPSA) is 55.0 Å². The Labute approximate surface area is 181 Å². The van der Waals surface area contributed by atoms with E-state index in [-0.39, 0.29) is 11.6 Å². The van der Waals surface area contributed by atoms with Crippen LogP contribution in [-0.4, -0.2) is 18.9 Å². The Morgan fingerprint density at radius 3 is 2.60 bits per heavy atom. The van der Waals surface area contributed by atoms with Crippen molar-refractivity contribution >= 4 is 56.5 Å². The van der Waals surface area contributed by atoms with Crippen molar-refractivity contribution in [3.63, 3.8) is 0 Å². The number of ether oxygens (including phenoxy) is 1. The number of rotatable bonds is 4. The van der Waals surface area contributed by atoms with E-state index in [1.807, 2.05) is 36.4 Å². The summed E-state index contributed by atoms with van der Waals surface area (Å²) in [6, 6.07) is 18.7. The van der Waals surface area contributed by atoms with Crippen molar-refractivity contribution in [2.75, 3.05) is 12.0 Å². The first kappa shape index (κ1) is 18.7. The SMILES string of the molecule is COc1ccc(N2C(=O)/C(=C\c3ccco3)N=C2c2sc3ccccc3c2Cl)cc1. The molecule has 0 bridgehead atoms. The maximum atomic E-state index is 13.3. The van der Waals surface area contributed by atoms with Gasteiger partial charge in [-0.05, 0) is 42.5 Å². The van der Waals surface area contributed by atoms with E-state index in [1.165, 1.54) is 11.3 Å². The van der Waals surface area contributed by atoms with E-state index in [1.54, 1.807) is 48.6 Å². The van der Waals surface area contributed by atoms with Crippen LogP contribution in [0.1, 0.15) is 10.6 Å². The van der Waals surface area contributed by atoms with Crippen LogP contribution in [0.5, 0.6) is 5.75 Å². The van der Waals surface area contributed by atoms with Crippen molar-refractivity contribution in [3.8, 4) is 5.75 Å². The zero-order valence-electron chi connectivity index (χ0n) is 15.8. The van der Waals surface area contributed by atoms with Crippen LogP contribution in [0, 0.1) is 0 Å². The van der Waals surface area contributed by atoms with E-state index in [0.29, 0.717) is 28.1 Å². The first-order valence-corrected chi connectivity index (χ1v) is 10.3. The second kappa shape index (κ2) is 7.48. The van der Waals surface area contributed by atoms with E-state index >= 15 is 0 Å². The van der Waals surface area contributed by atoms with Crippen molar-refractivity contribution in [1.82, 2.24) is 0 Å². The van der Waals surface area contributed by atoms with E-state index in [9.17, 15) is 4.79 Å². The van der Waals surface area contributed by atoms with Gasteiger partial charge in [-0.15, -0.1) is 11.3 Å². The highest BCUT2D eigenvalue weighted by atomic mass is 35.5. The number of carbonyl (C=O) groups excluding carboxylic acids is 1. The van der Waals surface area contributed by atoms with Crippen LogP contribution < -0.4 is 9.64 Å². The Kier molecular flexibility index (Phi) is 4.65. The minimum absolute atomic E-state index is 0.250. The normalized spacial score (nSPS) is 15.3. The molecular formula is C23H15ClN2O3S. The summed E-state index contributed by atoms with van der Waals surface area (Å²) in [6.45, 7) is 0. The highest BCUT2D eigenvalue weighted by Crippen LogP contribution is 2.39. The maximum Gasteiger partial charge on any atom is 0.282 e. The van der Waals surface area contributed by atoms with Crippen molar-refractivity contribution in [2.24, 2.45) is 4.99 Å². The molecular weight excluding hydrogens is 420 g/mol. The van der Waals surface area contributed by atoms with Gasteiger partial charge < -0.3 is 9.15 Å². The Morgan fingerprint density at radius 2 is 1.90 bits per heavy atom. The predicted octanol–water partition coefficient (Wildman–Crippen LogP) is 5.99. The maximum absolute atomic E-state index is 13.3. The molecule has 0 saturated heterocycles. The molecule has 3 heterocycles. The molecule has 0 aliphatic carbocycles. The fourth-order valence-corrected chi connectivity index (χ4v) is 4.80. The molecule has 1 aliphatic heterocycles. The van der Waals surface area contributed by atoms with Gasteiger partial charge in [0, 0.05) is 16.2 Å². The summed E-state index contributed by atoms with van der Waals surface area (Å²) in [6.07, 6.45) is 3.19. The second-order valence-electron chi connectivity index (χ2n) is 6.56. The molecule has 30 heavy (non-hydrogen) atoms. The van der Waals surface area contributed by atoms with E-state index in [0.717, 1.165) is 15.0 Å². The van der Waals surface area contributed by atoms with Gasteiger partial charge >= 0.3 is 0 Å². The number of anilines is 1. The van der Waals surface area contributed by atoms with E-state index in [2.05, 4.69) is 4.99 Å². The van der Waals surface area contributed by atoms with Crippen LogP contribution in [0.25, 0.3) is 16.2 Å². The summed E-state index contributed by atoms with van der Waals surface area (Å²) in [7, 11) is 1.60. The van der Waals surface area contributed by atoms with Crippen LogP contribution in [0.4, 0.5) is 5.69 Å². The lowest BCUT2D eigenvalue weighted by Crippen LogP contribution is -2.32.